The minimum Gasteiger partial charge on any atom is -0.462 e. The molecule has 36 heavy (non-hydrogen) atoms. The van der Waals surface area contributed by atoms with Crippen molar-refractivity contribution in [1.29, 1.82) is 0 Å². The summed E-state index contributed by atoms with van der Waals surface area (Å²) in [5, 5.41) is 8.31. The first kappa shape index (κ1) is 26.2. The summed E-state index contributed by atoms with van der Waals surface area (Å²) in [6.07, 6.45) is 0. The molecular weight excluding hydrogens is 458 g/mol. The van der Waals surface area contributed by atoms with Gasteiger partial charge < -0.3 is 20.7 Å². The van der Waals surface area contributed by atoms with Crippen molar-refractivity contribution in [2.45, 2.75) is 26.8 Å². The van der Waals surface area contributed by atoms with E-state index in [9.17, 15) is 19.2 Å². The molecule has 3 aromatic carbocycles. The minimum absolute atomic E-state index is 0.223. The lowest BCUT2D eigenvalue weighted by atomic mass is 10.0. The molecule has 186 valence electrons. The third-order valence-electron chi connectivity index (χ3n) is 5.36. The number of nitrogens with one attached hydrogen (secondary N) is 3. The van der Waals surface area contributed by atoms with Crippen LogP contribution in [0.25, 0.3) is 0 Å². The van der Waals surface area contributed by atoms with E-state index in [1.54, 1.807) is 79.7 Å². The smallest absolute Gasteiger partial charge is 0.338 e. The van der Waals surface area contributed by atoms with Gasteiger partial charge in [0.2, 0.25) is 5.91 Å². The maximum Gasteiger partial charge on any atom is 0.338 e. The second kappa shape index (κ2) is 12.3. The summed E-state index contributed by atoms with van der Waals surface area (Å²) < 4.78 is 4.96. The first-order valence-corrected chi connectivity index (χ1v) is 11.6. The van der Waals surface area contributed by atoms with Crippen molar-refractivity contribution in [3.05, 3.63) is 95.6 Å². The Labute approximate surface area is 210 Å². The van der Waals surface area contributed by atoms with Gasteiger partial charge in [0.05, 0.1) is 23.4 Å². The zero-order chi connectivity index (χ0) is 26.1. The highest BCUT2D eigenvalue weighted by Gasteiger charge is 2.26. The van der Waals surface area contributed by atoms with Crippen molar-refractivity contribution < 1.29 is 23.9 Å². The molecule has 0 aromatic heterocycles. The van der Waals surface area contributed by atoms with Crippen LogP contribution < -0.4 is 16.0 Å². The zero-order valence-electron chi connectivity index (χ0n) is 20.4. The van der Waals surface area contributed by atoms with Crippen LogP contribution in [0.3, 0.4) is 0 Å². The van der Waals surface area contributed by atoms with Crippen LogP contribution in [0.4, 0.5) is 11.4 Å². The normalized spacial score (nSPS) is 11.3. The predicted molar refractivity (Wildman–Crippen MR) is 138 cm³/mol. The Kier molecular flexibility index (Phi) is 8.94. The van der Waals surface area contributed by atoms with Gasteiger partial charge in [-0.1, -0.05) is 44.2 Å². The fraction of sp³-hybridized carbons (Fsp3) is 0.214. The Morgan fingerprint density at radius 3 is 2.03 bits per heavy atom. The molecule has 3 aromatic rings. The van der Waals surface area contributed by atoms with E-state index in [0.29, 0.717) is 22.5 Å². The quantitative estimate of drug-likeness (QED) is 0.385. The van der Waals surface area contributed by atoms with Crippen LogP contribution in [0.2, 0.25) is 0 Å². The Morgan fingerprint density at radius 1 is 0.750 bits per heavy atom. The molecule has 0 aliphatic rings. The molecule has 0 fully saturated rings. The van der Waals surface area contributed by atoms with E-state index in [0.717, 1.165) is 0 Å². The van der Waals surface area contributed by atoms with E-state index in [-0.39, 0.29) is 24.0 Å². The van der Waals surface area contributed by atoms with Crippen LogP contribution in [0, 0.1) is 5.92 Å². The fourth-order valence-electron chi connectivity index (χ4n) is 3.45. The molecule has 0 bridgehead atoms. The first-order valence-electron chi connectivity index (χ1n) is 11.6. The number of amides is 3. The van der Waals surface area contributed by atoms with Crippen LogP contribution >= 0.6 is 0 Å². The van der Waals surface area contributed by atoms with Crippen LogP contribution in [0.15, 0.2) is 78.9 Å². The highest BCUT2D eigenvalue weighted by molar-refractivity contribution is 6.10. The number of hydrogen-bond acceptors (Lipinski definition) is 5. The number of para-hydroxylation sites is 1. The van der Waals surface area contributed by atoms with E-state index in [1.165, 1.54) is 0 Å². The molecule has 0 radical (unpaired) electrons. The number of rotatable bonds is 9. The molecule has 0 aliphatic heterocycles. The number of ether oxygens (including phenoxy) is 1. The average molecular weight is 488 g/mol. The van der Waals surface area contributed by atoms with E-state index < -0.39 is 23.8 Å². The number of esters is 1. The van der Waals surface area contributed by atoms with Crippen molar-refractivity contribution in [3.8, 4) is 0 Å². The summed E-state index contributed by atoms with van der Waals surface area (Å²) in [7, 11) is 0. The summed E-state index contributed by atoms with van der Waals surface area (Å²) in [6, 6.07) is 20.7. The molecule has 3 rings (SSSR count). The predicted octanol–water partition coefficient (Wildman–Crippen LogP) is 4.51. The number of hydrogen-bond donors (Lipinski definition) is 3. The fourth-order valence-corrected chi connectivity index (χ4v) is 3.45. The Hall–Kier alpha value is -4.46. The molecule has 0 saturated carbocycles. The zero-order valence-corrected chi connectivity index (χ0v) is 20.4. The number of carbonyl (C=O) groups excluding carboxylic acids is 4. The maximum atomic E-state index is 13.1. The van der Waals surface area contributed by atoms with Gasteiger partial charge in [-0.2, -0.15) is 0 Å². The number of benzene rings is 3. The van der Waals surface area contributed by atoms with E-state index in [4.69, 9.17) is 4.74 Å². The highest BCUT2D eigenvalue weighted by Crippen LogP contribution is 2.18. The molecule has 3 N–H and O–H groups in total. The third kappa shape index (κ3) is 6.79. The van der Waals surface area contributed by atoms with Crippen molar-refractivity contribution in [1.82, 2.24) is 5.32 Å². The Balaban J connectivity index is 1.71. The van der Waals surface area contributed by atoms with Gasteiger partial charge in [0.1, 0.15) is 6.04 Å². The molecule has 0 spiro atoms. The summed E-state index contributed by atoms with van der Waals surface area (Å²) in [4.78, 5) is 50.6. The summed E-state index contributed by atoms with van der Waals surface area (Å²) in [5.41, 5.74) is 1.88. The van der Waals surface area contributed by atoms with E-state index >= 15 is 0 Å². The SMILES string of the molecule is CCOC(=O)c1ccc(NC(=O)[C@H](NC(=O)c2ccccc2NC(=O)c2ccccc2)C(C)C)cc1. The van der Waals surface area contributed by atoms with Gasteiger partial charge in [-0.15, -0.1) is 0 Å². The van der Waals surface area contributed by atoms with Crippen molar-refractivity contribution >= 4 is 35.1 Å². The first-order chi connectivity index (χ1) is 17.3. The molecule has 0 aliphatic carbocycles. The van der Waals surface area contributed by atoms with Crippen LogP contribution in [0.5, 0.6) is 0 Å². The number of carbonyl (C=O) groups is 4. The van der Waals surface area contributed by atoms with Crippen molar-refractivity contribution in [2.75, 3.05) is 17.2 Å². The lowest BCUT2D eigenvalue weighted by Gasteiger charge is -2.22. The van der Waals surface area contributed by atoms with Crippen LogP contribution in [0.1, 0.15) is 51.8 Å². The average Bonchev–Trinajstić information content (AvgIpc) is 2.88. The molecular formula is C28H29N3O5. The van der Waals surface area contributed by atoms with Gasteiger partial charge in [0.25, 0.3) is 11.8 Å². The van der Waals surface area contributed by atoms with Gasteiger partial charge >= 0.3 is 5.97 Å². The van der Waals surface area contributed by atoms with Crippen molar-refractivity contribution in [3.63, 3.8) is 0 Å². The summed E-state index contributed by atoms with van der Waals surface area (Å²) in [6.45, 7) is 5.63. The topological polar surface area (TPSA) is 114 Å². The maximum absolute atomic E-state index is 13.1. The summed E-state index contributed by atoms with van der Waals surface area (Å²) in [5.74, 6) is -1.92. The standard InChI is InChI=1S/C28H29N3O5/c1-4-36-28(35)20-14-16-21(17-15-20)29-27(34)24(18(2)3)31-26(33)22-12-8-9-13-23(22)30-25(32)19-10-6-5-7-11-19/h5-18,24H,4H2,1-3H3,(H,29,34)(H,30,32)(H,31,33)/t24-/m1/s1. The molecule has 0 saturated heterocycles. The van der Waals surface area contributed by atoms with Gasteiger partial charge in [-0.05, 0) is 61.4 Å². The van der Waals surface area contributed by atoms with E-state index in [1.807, 2.05) is 19.9 Å². The van der Waals surface area contributed by atoms with Crippen molar-refractivity contribution in [2.24, 2.45) is 5.92 Å². The van der Waals surface area contributed by atoms with Gasteiger partial charge in [0, 0.05) is 11.3 Å². The van der Waals surface area contributed by atoms with Crippen LogP contribution in [-0.2, 0) is 9.53 Å². The lowest BCUT2D eigenvalue weighted by molar-refractivity contribution is -0.118. The second-order valence-corrected chi connectivity index (χ2v) is 8.35. The third-order valence-corrected chi connectivity index (χ3v) is 5.36. The largest absolute Gasteiger partial charge is 0.462 e. The molecule has 3 amide bonds. The molecule has 8 heteroatoms. The molecule has 0 unspecified atom stereocenters. The minimum atomic E-state index is -0.847. The lowest BCUT2D eigenvalue weighted by Crippen LogP contribution is -2.47. The number of anilines is 2. The molecule has 8 nitrogen and oxygen atoms in total. The summed E-state index contributed by atoms with van der Waals surface area (Å²) >= 11 is 0. The van der Waals surface area contributed by atoms with Gasteiger partial charge in [-0.25, -0.2) is 4.79 Å². The molecule has 1 atom stereocenters. The molecule has 0 heterocycles. The van der Waals surface area contributed by atoms with Crippen LogP contribution in [-0.4, -0.2) is 36.3 Å². The van der Waals surface area contributed by atoms with E-state index in [2.05, 4.69) is 16.0 Å². The Bertz CT molecular complexity index is 1220. The highest BCUT2D eigenvalue weighted by atomic mass is 16.5. The second-order valence-electron chi connectivity index (χ2n) is 8.35. The monoisotopic (exact) mass is 487 g/mol. The van der Waals surface area contributed by atoms with Gasteiger partial charge in [0.15, 0.2) is 0 Å². The Morgan fingerprint density at radius 2 is 1.39 bits per heavy atom. The van der Waals surface area contributed by atoms with Gasteiger partial charge in [-0.3, -0.25) is 14.4 Å².